The van der Waals surface area contributed by atoms with E-state index in [1.807, 2.05) is 11.4 Å². The summed E-state index contributed by atoms with van der Waals surface area (Å²) in [4.78, 5) is 12.5. The van der Waals surface area contributed by atoms with E-state index in [1.54, 1.807) is 0 Å². The van der Waals surface area contributed by atoms with Crippen molar-refractivity contribution in [3.05, 3.63) is 21.9 Å². The Morgan fingerprint density at radius 2 is 2.47 bits per heavy atom. The fourth-order valence-electron chi connectivity index (χ4n) is 1.99. The molecular formula is C12H14N2O2S. The number of urea groups is 1. The molecule has 90 valence electrons. The maximum Gasteiger partial charge on any atom is 0.316 e. The van der Waals surface area contributed by atoms with Crippen molar-refractivity contribution < 1.29 is 9.90 Å². The number of rotatable bonds is 2. The maximum atomic E-state index is 11.5. The molecule has 2 atom stereocenters. The zero-order valence-corrected chi connectivity index (χ0v) is 10.1. The van der Waals surface area contributed by atoms with Crippen LogP contribution in [0.25, 0.3) is 0 Å². The van der Waals surface area contributed by atoms with Gasteiger partial charge in [-0.1, -0.05) is 5.92 Å². The van der Waals surface area contributed by atoms with Gasteiger partial charge in [0.15, 0.2) is 0 Å². The number of hydrogen-bond acceptors (Lipinski definition) is 3. The van der Waals surface area contributed by atoms with E-state index in [-0.39, 0.29) is 18.6 Å². The van der Waals surface area contributed by atoms with Crippen LogP contribution in [0.2, 0.25) is 0 Å². The highest BCUT2D eigenvalue weighted by atomic mass is 32.1. The molecule has 0 bridgehead atoms. The van der Waals surface area contributed by atoms with Gasteiger partial charge in [-0.3, -0.25) is 0 Å². The second kappa shape index (κ2) is 5.21. The Morgan fingerprint density at radius 3 is 3.24 bits per heavy atom. The predicted octanol–water partition coefficient (Wildman–Crippen LogP) is 1.55. The molecule has 5 heteroatoms. The molecule has 0 unspecified atom stereocenters. The molecule has 17 heavy (non-hydrogen) atoms. The minimum atomic E-state index is -0.392. The van der Waals surface area contributed by atoms with Gasteiger partial charge in [-0.2, -0.15) is 0 Å². The first-order valence-electron chi connectivity index (χ1n) is 5.45. The summed E-state index contributed by atoms with van der Waals surface area (Å²) in [5, 5.41) is 17.2. The van der Waals surface area contributed by atoms with Crippen LogP contribution in [-0.4, -0.2) is 17.7 Å². The number of terminal acetylenes is 1. The van der Waals surface area contributed by atoms with Gasteiger partial charge in [0.05, 0.1) is 18.7 Å². The van der Waals surface area contributed by atoms with E-state index in [9.17, 15) is 9.90 Å². The van der Waals surface area contributed by atoms with Gasteiger partial charge >= 0.3 is 6.03 Å². The first-order chi connectivity index (χ1) is 8.22. The number of nitrogens with one attached hydrogen (secondary N) is 2. The Labute approximate surface area is 104 Å². The lowest BCUT2D eigenvalue weighted by molar-refractivity contribution is 0.151. The minimum Gasteiger partial charge on any atom is -0.388 e. The second-order valence-electron chi connectivity index (χ2n) is 3.92. The molecule has 1 aromatic heterocycles. The minimum absolute atomic E-state index is 0.0302. The molecule has 2 rings (SSSR count). The van der Waals surface area contributed by atoms with E-state index in [0.29, 0.717) is 6.42 Å². The van der Waals surface area contributed by atoms with Gasteiger partial charge in [-0.15, -0.1) is 17.8 Å². The van der Waals surface area contributed by atoms with Gasteiger partial charge in [0.1, 0.15) is 0 Å². The summed E-state index contributed by atoms with van der Waals surface area (Å²) >= 11 is 1.53. The topological polar surface area (TPSA) is 61.4 Å². The standard InChI is InChI=1S/C12H14N2O2S/c1-2-6-13-12(16)14-9-3-4-10(15)11-8(9)5-7-17-11/h1,5,7,9-10,15H,3-4,6H2,(H2,13,14,16)/t9-,10-/m1/s1. The van der Waals surface area contributed by atoms with Crippen molar-refractivity contribution in [1.29, 1.82) is 0 Å². The molecule has 0 fully saturated rings. The Balaban J connectivity index is 2.03. The van der Waals surface area contributed by atoms with Crippen LogP contribution in [-0.2, 0) is 0 Å². The lowest BCUT2D eigenvalue weighted by Crippen LogP contribution is -2.39. The van der Waals surface area contributed by atoms with Crippen molar-refractivity contribution in [1.82, 2.24) is 10.6 Å². The molecule has 1 heterocycles. The fraction of sp³-hybridized carbons (Fsp3) is 0.417. The maximum absolute atomic E-state index is 11.5. The third-order valence-corrected chi connectivity index (χ3v) is 3.82. The molecule has 4 nitrogen and oxygen atoms in total. The zero-order valence-electron chi connectivity index (χ0n) is 9.27. The second-order valence-corrected chi connectivity index (χ2v) is 4.86. The number of carbonyl (C=O) groups excluding carboxylic acids is 1. The molecule has 0 saturated carbocycles. The highest BCUT2D eigenvalue weighted by molar-refractivity contribution is 7.10. The molecule has 1 aliphatic rings. The summed E-state index contributed by atoms with van der Waals surface area (Å²) in [6, 6.07) is 1.66. The van der Waals surface area contributed by atoms with Gasteiger partial charge in [-0.05, 0) is 29.9 Å². The van der Waals surface area contributed by atoms with E-state index in [1.165, 1.54) is 11.3 Å². The number of hydrogen-bond donors (Lipinski definition) is 3. The molecule has 0 aliphatic heterocycles. The summed E-state index contributed by atoms with van der Waals surface area (Å²) in [5.41, 5.74) is 1.02. The summed E-state index contributed by atoms with van der Waals surface area (Å²) in [5.74, 6) is 2.35. The molecule has 2 amide bonds. The van der Waals surface area contributed by atoms with Crippen LogP contribution in [0.4, 0.5) is 4.79 Å². The first kappa shape index (κ1) is 12.0. The number of fused-ring (bicyclic) bond motifs is 1. The molecule has 0 saturated heterocycles. The van der Waals surface area contributed by atoms with Crippen LogP contribution in [0, 0.1) is 12.3 Å². The van der Waals surface area contributed by atoms with Crippen molar-refractivity contribution in [3.63, 3.8) is 0 Å². The van der Waals surface area contributed by atoms with Crippen molar-refractivity contribution >= 4 is 17.4 Å². The van der Waals surface area contributed by atoms with Crippen molar-refractivity contribution in [2.24, 2.45) is 0 Å². The number of thiophene rings is 1. The predicted molar refractivity (Wildman–Crippen MR) is 66.6 cm³/mol. The van der Waals surface area contributed by atoms with E-state index < -0.39 is 6.10 Å². The smallest absolute Gasteiger partial charge is 0.316 e. The summed E-state index contributed by atoms with van der Waals surface area (Å²) < 4.78 is 0. The van der Waals surface area contributed by atoms with Crippen LogP contribution in [0.15, 0.2) is 11.4 Å². The van der Waals surface area contributed by atoms with Crippen LogP contribution >= 0.6 is 11.3 Å². The Hall–Kier alpha value is -1.51. The Bertz CT molecular complexity index is 450. The van der Waals surface area contributed by atoms with Crippen LogP contribution in [0.1, 0.15) is 35.4 Å². The average molecular weight is 250 g/mol. The van der Waals surface area contributed by atoms with Crippen molar-refractivity contribution in [3.8, 4) is 12.3 Å². The van der Waals surface area contributed by atoms with E-state index >= 15 is 0 Å². The number of carbonyl (C=O) groups is 1. The Kier molecular flexibility index (Phi) is 3.67. The average Bonchev–Trinajstić information content (AvgIpc) is 2.80. The number of aliphatic hydroxyl groups excluding tert-OH is 1. The van der Waals surface area contributed by atoms with E-state index in [0.717, 1.165) is 16.9 Å². The first-order valence-corrected chi connectivity index (χ1v) is 6.33. The van der Waals surface area contributed by atoms with Gasteiger partial charge in [-0.25, -0.2) is 4.79 Å². The van der Waals surface area contributed by atoms with Gasteiger partial charge < -0.3 is 15.7 Å². The molecular weight excluding hydrogens is 236 g/mol. The summed E-state index contributed by atoms with van der Waals surface area (Å²) in [6.45, 7) is 0.220. The summed E-state index contributed by atoms with van der Waals surface area (Å²) in [6.07, 6.45) is 6.09. The third-order valence-electron chi connectivity index (χ3n) is 2.79. The quantitative estimate of drug-likeness (QED) is 0.697. The highest BCUT2D eigenvalue weighted by Gasteiger charge is 2.27. The number of aliphatic hydroxyl groups is 1. The van der Waals surface area contributed by atoms with Crippen LogP contribution in [0.5, 0.6) is 0 Å². The monoisotopic (exact) mass is 250 g/mol. The third kappa shape index (κ3) is 2.60. The molecule has 0 radical (unpaired) electrons. The van der Waals surface area contributed by atoms with Crippen molar-refractivity contribution in [2.75, 3.05) is 6.54 Å². The van der Waals surface area contributed by atoms with Crippen molar-refractivity contribution in [2.45, 2.75) is 25.0 Å². The molecule has 0 aromatic carbocycles. The Morgan fingerprint density at radius 1 is 1.65 bits per heavy atom. The van der Waals surface area contributed by atoms with Gasteiger partial charge in [0.25, 0.3) is 0 Å². The number of amides is 2. The van der Waals surface area contributed by atoms with E-state index in [2.05, 4.69) is 16.6 Å². The molecule has 1 aliphatic carbocycles. The molecule has 0 spiro atoms. The normalized spacial score (nSPS) is 22.4. The van der Waals surface area contributed by atoms with Gasteiger partial charge in [0.2, 0.25) is 0 Å². The lowest BCUT2D eigenvalue weighted by atomic mass is 9.92. The SMILES string of the molecule is C#CCNC(=O)N[C@@H]1CC[C@@H](O)c2sccc21. The molecule has 3 N–H and O–H groups in total. The molecule has 1 aromatic rings. The largest absolute Gasteiger partial charge is 0.388 e. The van der Waals surface area contributed by atoms with Crippen LogP contribution < -0.4 is 10.6 Å². The van der Waals surface area contributed by atoms with E-state index in [4.69, 9.17) is 6.42 Å². The van der Waals surface area contributed by atoms with Gasteiger partial charge in [0, 0.05) is 4.88 Å². The highest BCUT2D eigenvalue weighted by Crippen LogP contribution is 2.39. The lowest BCUT2D eigenvalue weighted by Gasteiger charge is -2.26. The van der Waals surface area contributed by atoms with Crippen LogP contribution in [0.3, 0.4) is 0 Å². The fourth-order valence-corrected chi connectivity index (χ4v) is 2.97. The zero-order chi connectivity index (χ0) is 12.3. The summed E-state index contributed by atoms with van der Waals surface area (Å²) in [7, 11) is 0.